The topological polar surface area (TPSA) is 60.2 Å². The lowest BCUT2D eigenvalue weighted by atomic mass is 10.2. The molecule has 0 radical (unpaired) electrons. The second-order valence-electron chi connectivity index (χ2n) is 3.04. The molecule has 0 saturated carbocycles. The number of methoxy groups -OCH3 is 1. The van der Waals surface area contributed by atoms with Crippen LogP contribution in [0, 0.1) is 0 Å². The van der Waals surface area contributed by atoms with Gasteiger partial charge in [-0.25, -0.2) is 0 Å². The summed E-state index contributed by atoms with van der Waals surface area (Å²) in [5.41, 5.74) is 0. The molecule has 1 N–H and O–H groups in total. The Bertz CT molecular complexity index is 250. The first kappa shape index (κ1) is 11.0. The highest BCUT2D eigenvalue weighted by atomic mass is 16.5. The molecule has 80 valence electrons. The fraction of sp³-hybridized carbons (Fsp3) is 0.778. The summed E-state index contributed by atoms with van der Waals surface area (Å²) in [5.74, 6) is 0.770. The van der Waals surface area contributed by atoms with E-state index in [9.17, 15) is 0 Å². The first-order chi connectivity index (χ1) is 6.86. The van der Waals surface area contributed by atoms with Gasteiger partial charge in [-0.2, -0.15) is 4.98 Å². The number of unbranched alkanes of at least 4 members (excludes halogenated alkanes) is 1. The molecule has 5 heteroatoms. The molecule has 0 amide bonds. The lowest BCUT2D eigenvalue weighted by Crippen LogP contribution is -2.07. The maximum absolute atomic E-state index is 4.98. The highest BCUT2D eigenvalue weighted by molar-refractivity contribution is 5.17. The van der Waals surface area contributed by atoms with Crippen molar-refractivity contribution in [3.8, 4) is 0 Å². The van der Waals surface area contributed by atoms with Gasteiger partial charge in [0.1, 0.15) is 0 Å². The van der Waals surface area contributed by atoms with Crippen LogP contribution in [0.5, 0.6) is 0 Å². The Balaban J connectivity index is 2.27. The van der Waals surface area contributed by atoms with Crippen LogP contribution in [-0.4, -0.2) is 30.4 Å². The summed E-state index contributed by atoms with van der Waals surface area (Å²) in [6, 6.07) is 0.480. The number of nitrogens with one attached hydrogen (secondary N) is 1. The van der Waals surface area contributed by atoms with Gasteiger partial charge < -0.3 is 14.6 Å². The molecule has 1 rings (SSSR count). The molecule has 1 heterocycles. The minimum atomic E-state index is 0.480. The van der Waals surface area contributed by atoms with Crippen molar-refractivity contribution in [3.63, 3.8) is 0 Å². The summed E-state index contributed by atoms with van der Waals surface area (Å²) >= 11 is 0. The molecule has 0 atom stereocenters. The third-order valence-electron chi connectivity index (χ3n) is 1.80. The van der Waals surface area contributed by atoms with Gasteiger partial charge in [0.05, 0.1) is 6.61 Å². The van der Waals surface area contributed by atoms with Crippen LogP contribution in [-0.2, 0) is 11.2 Å². The molecule has 0 aliphatic heterocycles. The quantitative estimate of drug-likeness (QED) is 0.674. The number of aromatic nitrogens is 2. The first-order valence-corrected chi connectivity index (χ1v) is 4.92. The summed E-state index contributed by atoms with van der Waals surface area (Å²) in [4.78, 5) is 4.18. The Morgan fingerprint density at radius 1 is 1.50 bits per heavy atom. The Labute approximate surface area is 83.8 Å². The minimum absolute atomic E-state index is 0.480. The van der Waals surface area contributed by atoms with E-state index in [-0.39, 0.29) is 0 Å². The monoisotopic (exact) mass is 199 g/mol. The average molecular weight is 199 g/mol. The van der Waals surface area contributed by atoms with Gasteiger partial charge in [0.15, 0.2) is 5.82 Å². The molecule has 0 bridgehead atoms. The molecule has 0 unspecified atom stereocenters. The van der Waals surface area contributed by atoms with Crippen molar-refractivity contribution in [2.24, 2.45) is 0 Å². The van der Waals surface area contributed by atoms with Gasteiger partial charge in [0.25, 0.3) is 0 Å². The summed E-state index contributed by atoms with van der Waals surface area (Å²) < 4.78 is 9.86. The van der Waals surface area contributed by atoms with Crippen molar-refractivity contribution in [1.29, 1.82) is 0 Å². The second kappa shape index (κ2) is 6.37. The number of hydrogen-bond donors (Lipinski definition) is 1. The van der Waals surface area contributed by atoms with Crippen molar-refractivity contribution < 1.29 is 9.26 Å². The molecule has 0 aromatic carbocycles. The summed E-state index contributed by atoms with van der Waals surface area (Å²) in [5, 5.41) is 6.82. The number of aryl methyl sites for hydroxylation is 1. The van der Waals surface area contributed by atoms with Crippen LogP contribution < -0.4 is 5.32 Å². The maximum atomic E-state index is 4.98. The molecule has 14 heavy (non-hydrogen) atoms. The van der Waals surface area contributed by atoms with Gasteiger partial charge in [-0.1, -0.05) is 18.5 Å². The zero-order chi connectivity index (χ0) is 10.2. The van der Waals surface area contributed by atoms with Gasteiger partial charge in [-0.15, -0.1) is 0 Å². The Kier molecular flexibility index (Phi) is 4.99. The predicted octanol–water partition coefficient (Wildman–Crippen LogP) is 1.47. The van der Waals surface area contributed by atoms with E-state index in [0.717, 1.165) is 25.1 Å². The van der Waals surface area contributed by atoms with Crippen LogP contribution in [0.1, 0.15) is 25.6 Å². The average Bonchev–Trinajstić information content (AvgIpc) is 2.63. The van der Waals surface area contributed by atoms with Crippen molar-refractivity contribution in [2.75, 3.05) is 25.6 Å². The Morgan fingerprint density at radius 2 is 2.36 bits per heavy atom. The molecule has 0 aliphatic rings. The van der Waals surface area contributed by atoms with Gasteiger partial charge in [0.2, 0.25) is 0 Å². The van der Waals surface area contributed by atoms with E-state index in [4.69, 9.17) is 9.26 Å². The number of rotatable bonds is 7. The lowest BCUT2D eigenvalue weighted by molar-refractivity contribution is 0.210. The Morgan fingerprint density at radius 3 is 3.07 bits per heavy atom. The zero-order valence-corrected chi connectivity index (χ0v) is 8.75. The maximum Gasteiger partial charge on any atom is 0.321 e. The van der Waals surface area contributed by atoms with Crippen molar-refractivity contribution in [3.05, 3.63) is 5.82 Å². The largest absolute Gasteiger partial charge is 0.383 e. The van der Waals surface area contributed by atoms with Gasteiger partial charge in [0, 0.05) is 20.1 Å². The molecular formula is C9H17N3O2. The molecule has 0 saturated heterocycles. The number of anilines is 1. The van der Waals surface area contributed by atoms with E-state index in [2.05, 4.69) is 22.4 Å². The van der Waals surface area contributed by atoms with Crippen LogP contribution in [0.2, 0.25) is 0 Å². The van der Waals surface area contributed by atoms with E-state index in [1.807, 2.05) is 0 Å². The third kappa shape index (κ3) is 3.74. The predicted molar refractivity (Wildman–Crippen MR) is 53.3 cm³/mol. The van der Waals surface area contributed by atoms with Crippen LogP contribution >= 0.6 is 0 Å². The second-order valence-corrected chi connectivity index (χ2v) is 3.04. The number of ether oxygens (including phenoxy) is 1. The molecule has 0 aliphatic carbocycles. The van der Waals surface area contributed by atoms with Gasteiger partial charge in [-0.05, 0) is 6.42 Å². The zero-order valence-electron chi connectivity index (χ0n) is 8.75. The third-order valence-corrected chi connectivity index (χ3v) is 1.80. The molecule has 1 aromatic heterocycles. The summed E-state index contributed by atoms with van der Waals surface area (Å²) in [7, 11) is 1.65. The summed E-state index contributed by atoms with van der Waals surface area (Å²) in [6.07, 6.45) is 3.12. The molecule has 5 nitrogen and oxygen atoms in total. The van der Waals surface area contributed by atoms with Crippen LogP contribution in [0.25, 0.3) is 0 Å². The SMILES string of the molecule is CCCCc1noc(NCCOC)n1. The minimum Gasteiger partial charge on any atom is -0.383 e. The molecular weight excluding hydrogens is 182 g/mol. The van der Waals surface area contributed by atoms with Crippen molar-refractivity contribution in [2.45, 2.75) is 26.2 Å². The van der Waals surface area contributed by atoms with E-state index in [0.29, 0.717) is 19.2 Å². The van der Waals surface area contributed by atoms with Crippen molar-refractivity contribution in [1.82, 2.24) is 10.1 Å². The molecule has 1 aromatic rings. The van der Waals surface area contributed by atoms with Crippen LogP contribution in [0.4, 0.5) is 6.01 Å². The lowest BCUT2D eigenvalue weighted by Gasteiger charge is -1.97. The number of nitrogens with zero attached hydrogens (tertiary/aromatic N) is 2. The molecule has 0 spiro atoms. The number of hydrogen-bond acceptors (Lipinski definition) is 5. The standard InChI is InChI=1S/C9H17N3O2/c1-3-4-5-8-11-9(14-12-8)10-6-7-13-2/h3-7H2,1-2H3,(H,10,11,12). The van der Waals surface area contributed by atoms with E-state index >= 15 is 0 Å². The highest BCUT2D eigenvalue weighted by Gasteiger charge is 2.03. The van der Waals surface area contributed by atoms with E-state index in [1.54, 1.807) is 7.11 Å². The van der Waals surface area contributed by atoms with Crippen molar-refractivity contribution >= 4 is 6.01 Å². The van der Waals surface area contributed by atoms with Gasteiger partial charge in [-0.3, -0.25) is 0 Å². The Hall–Kier alpha value is -1.10. The first-order valence-electron chi connectivity index (χ1n) is 4.92. The smallest absolute Gasteiger partial charge is 0.321 e. The van der Waals surface area contributed by atoms with Gasteiger partial charge >= 0.3 is 6.01 Å². The summed E-state index contributed by atoms with van der Waals surface area (Å²) in [6.45, 7) is 3.45. The molecule has 0 fully saturated rings. The fourth-order valence-electron chi connectivity index (χ4n) is 1.02. The van der Waals surface area contributed by atoms with Crippen LogP contribution in [0.3, 0.4) is 0 Å². The normalized spacial score (nSPS) is 10.4. The highest BCUT2D eigenvalue weighted by Crippen LogP contribution is 2.05. The van der Waals surface area contributed by atoms with E-state index in [1.165, 1.54) is 0 Å². The fourth-order valence-corrected chi connectivity index (χ4v) is 1.02. The van der Waals surface area contributed by atoms with Crippen LogP contribution in [0.15, 0.2) is 4.52 Å². The van der Waals surface area contributed by atoms with E-state index < -0.39 is 0 Å².